The maximum Gasteiger partial charge on any atom is 0.306 e. The van der Waals surface area contributed by atoms with E-state index in [1.54, 1.807) is 0 Å². The van der Waals surface area contributed by atoms with Gasteiger partial charge in [0.05, 0.1) is 0 Å². The molecule has 0 bridgehead atoms. The zero-order valence-corrected chi connectivity index (χ0v) is 53.4. The lowest BCUT2D eigenvalue weighted by Crippen LogP contribution is -2.30. The zero-order chi connectivity index (χ0) is 59.9. The molecule has 0 radical (unpaired) electrons. The van der Waals surface area contributed by atoms with E-state index in [0.717, 1.165) is 161 Å². The lowest BCUT2D eigenvalue weighted by atomic mass is 10.1. The van der Waals surface area contributed by atoms with E-state index in [-0.39, 0.29) is 31.1 Å². The highest BCUT2D eigenvalue weighted by Gasteiger charge is 2.19. The van der Waals surface area contributed by atoms with E-state index >= 15 is 0 Å². The number of carbonyl (C=O) groups is 3. The average molecular weight is 1140 g/mol. The van der Waals surface area contributed by atoms with Crippen molar-refractivity contribution in [3.63, 3.8) is 0 Å². The molecular weight excluding hydrogens is 1020 g/mol. The molecule has 0 amide bonds. The monoisotopic (exact) mass is 1140 g/mol. The molecule has 6 nitrogen and oxygen atoms in total. The van der Waals surface area contributed by atoms with E-state index in [0.29, 0.717) is 25.7 Å². The Bertz CT molecular complexity index is 1890. The van der Waals surface area contributed by atoms with Gasteiger partial charge in [-0.25, -0.2) is 0 Å². The van der Waals surface area contributed by atoms with Gasteiger partial charge in [-0.3, -0.25) is 14.4 Å². The fourth-order valence-electron chi connectivity index (χ4n) is 8.71. The average Bonchev–Trinajstić information content (AvgIpc) is 3.49. The van der Waals surface area contributed by atoms with Crippen LogP contribution in [0.5, 0.6) is 0 Å². The Morgan fingerprint density at radius 3 is 0.771 bits per heavy atom. The van der Waals surface area contributed by atoms with Crippen LogP contribution in [0.15, 0.2) is 170 Å². The summed E-state index contributed by atoms with van der Waals surface area (Å²) in [5.74, 6) is -0.972. The third-order valence-corrected chi connectivity index (χ3v) is 13.7. The first kappa shape index (κ1) is 77.8. The van der Waals surface area contributed by atoms with Crippen molar-refractivity contribution in [2.24, 2.45) is 0 Å². The molecule has 0 aliphatic carbocycles. The molecule has 0 aromatic carbocycles. The maximum absolute atomic E-state index is 12.9. The van der Waals surface area contributed by atoms with Crippen LogP contribution in [0.3, 0.4) is 0 Å². The third-order valence-electron chi connectivity index (χ3n) is 13.7. The van der Waals surface area contributed by atoms with Gasteiger partial charge in [-0.05, 0) is 154 Å². The summed E-state index contributed by atoms with van der Waals surface area (Å²) >= 11 is 0. The molecule has 466 valence electrons. The predicted octanol–water partition coefficient (Wildman–Crippen LogP) is 23.4. The van der Waals surface area contributed by atoms with Gasteiger partial charge in [-0.15, -0.1) is 0 Å². The number of rotatable bonds is 59. The van der Waals surface area contributed by atoms with E-state index in [1.165, 1.54) is 70.6 Å². The third kappa shape index (κ3) is 67.4. The standard InChI is InChI=1S/C77H122O6/c1-4-7-10-13-16-19-22-25-28-30-31-32-33-34-35-36-37-38-39-40-41-42-43-44-45-47-49-52-55-58-61-64-67-70-76(79)82-73-74(72-81-75(78)69-66-63-60-57-54-51-48-27-24-21-18-15-12-9-6-3)83-77(80)71-68-65-62-59-56-53-50-46-29-26-23-20-17-14-11-8-5-2/h7-8,10-11,16-17,19-20,25-29,31-32,34-35,37-38,40-41,43-44,47-49,55,58,74H,4-6,9,12-15,18,21-24,30,33,36,39,42,45-46,50-54,56-57,59-73H2,1-3H3/b10-7-,11-8-,19-16-,20-17-,28-25-,29-26-,32-31-,35-34-,38-37-,41-40-,44-43-,48-27-,49-47-,58-55-. The van der Waals surface area contributed by atoms with Gasteiger partial charge in [-0.1, -0.05) is 274 Å². The summed E-state index contributed by atoms with van der Waals surface area (Å²) in [5, 5.41) is 0. The van der Waals surface area contributed by atoms with Crippen molar-refractivity contribution in [1.29, 1.82) is 0 Å². The second kappa shape index (κ2) is 69.3. The molecule has 0 fully saturated rings. The number of esters is 3. The van der Waals surface area contributed by atoms with Crippen LogP contribution >= 0.6 is 0 Å². The van der Waals surface area contributed by atoms with Crippen molar-refractivity contribution in [3.8, 4) is 0 Å². The van der Waals surface area contributed by atoms with Crippen molar-refractivity contribution < 1.29 is 28.6 Å². The van der Waals surface area contributed by atoms with Gasteiger partial charge in [-0.2, -0.15) is 0 Å². The minimum Gasteiger partial charge on any atom is -0.462 e. The maximum atomic E-state index is 12.9. The van der Waals surface area contributed by atoms with Crippen molar-refractivity contribution >= 4 is 17.9 Å². The van der Waals surface area contributed by atoms with Gasteiger partial charge in [0.1, 0.15) is 13.2 Å². The van der Waals surface area contributed by atoms with Crippen LogP contribution in [0.1, 0.15) is 278 Å². The minimum absolute atomic E-state index is 0.106. The summed E-state index contributed by atoms with van der Waals surface area (Å²) < 4.78 is 16.9. The molecule has 83 heavy (non-hydrogen) atoms. The number of allylic oxidation sites excluding steroid dienone is 28. The first-order valence-electron chi connectivity index (χ1n) is 33.6. The van der Waals surface area contributed by atoms with Crippen LogP contribution in [-0.2, 0) is 28.6 Å². The van der Waals surface area contributed by atoms with E-state index in [9.17, 15) is 14.4 Å². The molecule has 0 saturated carbocycles. The van der Waals surface area contributed by atoms with Crippen LogP contribution in [0.4, 0.5) is 0 Å². The Labute approximate surface area is 511 Å². The highest BCUT2D eigenvalue weighted by molar-refractivity contribution is 5.71. The highest BCUT2D eigenvalue weighted by atomic mass is 16.6. The van der Waals surface area contributed by atoms with Gasteiger partial charge >= 0.3 is 17.9 Å². The number of hydrogen-bond donors (Lipinski definition) is 0. The molecule has 6 heteroatoms. The second-order valence-corrected chi connectivity index (χ2v) is 21.6. The second-order valence-electron chi connectivity index (χ2n) is 21.6. The smallest absolute Gasteiger partial charge is 0.306 e. The van der Waals surface area contributed by atoms with E-state index < -0.39 is 6.10 Å². The molecule has 1 atom stereocenters. The SMILES string of the molecule is CC/C=C\C/C=C\C/C=C\C/C=C\C/C=C\C/C=C\C/C=C\C/C=C\C/C=C\C/C=C\CCCCC(=O)OCC(COC(=O)CCCCCCC/C=C\CCCCCCCC)OC(=O)CCCCCCCCC/C=C\C/C=C\C/C=C\CC. The molecule has 0 N–H and O–H groups in total. The number of unbranched alkanes of at least 4 members (excludes halogenated alkanes) is 20. The molecule has 0 aliphatic rings. The molecule has 0 saturated heterocycles. The lowest BCUT2D eigenvalue weighted by molar-refractivity contribution is -0.167. The summed E-state index contributed by atoms with van der Waals surface area (Å²) in [6, 6.07) is 0. The van der Waals surface area contributed by atoms with Crippen LogP contribution in [0, 0.1) is 0 Å². The van der Waals surface area contributed by atoms with Gasteiger partial charge in [0.15, 0.2) is 6.10 Å². The van der Waals surface area contributed by atoms with E-state index in [1.807, 2.05) is 0 Å². The summed E-state index contributed by atoms with van der Waals surface area (Å²) in [5.41, 5.74) is 0. The summed E-state index contributed by atoms with van der Waals surface area (Å²) in [6.07, 6.45) is 102. The highest BCUT2D eigenvalue weighted by Crippen LogP contribution is 2.14. The zero-order valence-electron chi connectivity index (χ0n) is 53.4. The van der Waals surface area contributed by atoms with Crippen LogP contribution < -0.4 is 0 Å². The van der Waals surface area contributed by atoms with E-state index in [4.69, 9.17) is 14.2 Å². The van der Waals surface area contributed by atoms with Crippen molar-refractivity contribution in [2.45, 2.75) is 284 Å². The number of carbonyl (C=O) groups excluding carboxylic acids is 3. The first-order chi connectivity index (χ1) is 41.0. The summed E-state index contributed by atoms with van der Waals surface area (Å²) in [7, 11) is 0. The molecule has 0 aliphatic heterocycles. The Kier molecular flexibility index (Phi) is 64.9. The van der Waals surface area contributed by atoms with Gasteiger partial charge in [0, 0.05) is 19.3 Å². The Hall–Kier alpha value is -5.23. The molecule has 0 aromatic rings. The predicted molar refractivity (Wildman–Crippen MR) is 361 cm³/mol. The largest absolute Gasteiger partial charge is 0.462 e. The topological polar surface area (TPSA) is 78.9 Å². The van der Waals surface area contributed by atoms with E-state index in [2.05, 4.69) is 191 Å². The molecule has 0 spiro atoms. The number of ether oxygens (including phenoxy) is 3. The van der Waals surface area contributed by atoms with Crippen LogP contribution in [-0.4, -0.2) is 37.2 Å². The molecular formula is C77H122O6. The number of hydrogen-bond acceptors (Lipinski definition) is 6. The van der Waals surface area contributed by atoms with Crippen molar-refractivity contribution in [2.75, 3.05) is 13.2 Å². The summed E-state index contributed by atoms with van der Waals surface area (Å²) in [4.78, 5) is 38.3. The minimum atomic E-state index is -0.814. The summed E-state index contributed by atoms with van der Waals surface area (Å²) in [6.45, 7) is 6.36. The van der Waals surface area contributed by atoms with Gasteiger partial charge in [0.2, 0.25) is 0 Å². The first-order valence-corrected chi connectivity index (χ1v) is 33.6. The normalized spacial score (nSPS) is 13.2. The Balaban J connectivity index is 4.44. The fourth-order valence-corrected chi connectivity index (χ4v) is 8.71. The molecule has 1 unspecified atom stereocenters. The van der Waals surface area contributed by atoms with Gasteiger partial charge < -0.3 is 14.2 Å². The Morgan fingerprint density at radius 2 is 0.470 bits per heavy atom. The molecule has 0 rings (SSSR count). The van der Waals surface area contributed by atoms with Gasteiger partial charge in [0.25, 0.3) is 0 Å². The van der Waals surface area contributed by atoms with Crippen LogP contribution in [0.25, 0.3) is 0 Å². The molecule has 0 heterocycles. The van der Waals surface area contributed by atoms with Crippen molar-refractivity contribution in [3.05, 3.63) is 170 Å². The Morgan fingerprint density at radius 1 is 0.253 bits per heavy atom. The fraction of sp³-hybridized carbons (Fsp3) is 0.597. The van der Waals surface area contributed by atoms with Crippen LogP contribution in [0.2, 0.25) is 0 Å². The lowest BCUT2D eigenvalue weighted by Gasteiger charge is -2.18. The van der Waals surface area contributed by atoms with Crippen molar-refractivity contribution in [1.82, 2.24) is 0 Å². The molecule has 0 aromatic heterocycles. The quantitative estimate of drug-likeness (QED) is 0.0261.